The molecule has 1 amide bonds. The quantitative estimate of drug-likeness (QED) is 0.868. The maximum Gasteiger partial charge on any atom is 0.411 e. The zero-order valence-corrected chi connectivity index (χ0v) is 12.3. The molecule has 0 spiro atoms. The Balaban J connectivity index is 2.11. The molecule has 22 heavy (non-hydrogen) atoms. The Morgan fingerprint density at radius 3 is 2.68 bits per heavy atom. The average molecular weight is 301 g/mol. The van der Waals surface area contributed by atoms with Crippen molar-refractivity contribution in [3.8, 4) is 12.3 Å². The van der Waals surface area contributed by atoms with Crippen LogP contribution in [-0.4, -0.2) is 34.2 Å². The second-order valence-electron chi connectivity index (χ2n) is 5.37. The number of hydrogen-bond acceptors (Lipinski definition) is 3. The molecule has 5 heteroatoms. The van der Waals surface area contributed by atoms with Crippen molar-refractivity contribution in [2.75, 3.05) is 6.54 Å². The molecule has 1 heterocycles. The van der Waals surface area contributed by atoms with E-state index in [1.54, 1.807) is 0 Å². The third kappa shape index (κ3) is 3.22. The molecule has 0 aromatic heterocycles. The first kappa shape index (κ1) is 15.9. The first-order valence-electron chi connectivity index (χ1n) is 7.25. The summed E-state index contributed by atoms with van der Waals surface area (Å²) in [4.78, 5) is 25.3. The van der Waals surface area contributed by atoms with Gasteiger partial charge in [0.15, 0.2) is 5.54 Å². The highest BCUT2D eigenvalue weighted by molar-refractivity contribution is 5.85. The normalized spacial score (nSPS) is 21.0. The number of aliphatic carboxylic acids is 1. The Kier molecular flexibility index (Phi) is 5.05. The van der Waals surface area contributed by atoms with Gasteiger partial charge in [-0.25, -0.2) is 9.59 Å². The van der Waals surface area contributed by atoms with Gasteiger partial charge in [-0.15, -0.1) is 12.3 Å². The number of carbonyl (C=O) groups is 2. The van der Waals surface area contributed by atoms with E-state index >= 15 is 0 Å². The highest BCUT2D eigenvalue weighted by Gasteiger charge is 2.48. The van der Waals surface area contributed by atoms with E-state index in [0.29, 0.717) is 13.0 Å². The molecule has 1 saturated heterocycles. The fourth-order valence-electron chi connectivity index (χ4n) is 2.75. The monoisotopic (exact) mass is 301 g/mol. The van der Waals surface area contributed by atoms with Crippen LogP contribution < -0.4 is 0 Å². The minimum absolute atomic E-state index is 0.0111. The van der Waals surface area contributed by atoms with Gasteiger partial charge in [-0.3, -0.25) is 4.90 Å². The minimum atomic E-state index is -1.35. The number of ether oxygens (including phenoxy) is 1. The fraction of sp³-hybridized carbons (Fsp3) is 0.412. The van der Waals surface area contributed by atoms with E-state index in [1.165, 1.54) is 4.90 Å². The highest BCUT2D eigenvalue weighted by atomic mass is 16.6. The molecule has 1 atom stereocenters. The summed E-state index contributed by atoms with van der Waals surface area (Å²) in [6, 6.07) is 9.26. The van der Waals surface area contributed by atoms with E-state index in [4.69, 9.17) is 11.2 Å². The Hall–Kier alpha value is -2.48. The molecule has 5 nitrogen and oxygen atoms in total. The fourth-order valence-corrected chi connectivity index (χ4v) is 2.75. The number of carboxylic acid groups (broad SMARTS) is 1. The van der Waals surface area contributed by atoms with Crippen LogP contribution in [-0.2, 0) is 16.1 Å². The molecule has 1 N–H and O–H groups in total. The summed E-state index contributed by atoms with van der Waals surface area (Å²) in [5.41, 5.74) is -0.494. The van der Waals surface area contributed by atoms with Gasteiger partial charge < -0.3 is 9.84 Å². The Morgan fingerprint density at radius 1 is 1.32 bits per heavy atom. The first-order chi connectivity index (χ1) is 10.6. The first-order valence-corrected chi connectivity index (χ1v) is 7.25. The minimum Gasteiger partial charge on any atom is -0.479 e. The van der Waals surface area contributed by atoms with Crippen molar-refractivity contribution in [1.82, 2.24) is 4.90 Å². The Morgan fingerprint density at radius 2 is 2.05 bits per heavy atom. The van der Waals surface area contributed by atoms with Crippen molar-refractivity contribution in [2.24, 2.45) is 0 Å². The van der Waals surface area contributed by atoms with Crippen molar-refractivity contribution in [2.45, 2.75) is 37.8 Å². The summed E-state index contributed by atoms with van der Waals surface area (Å²) in [7, 11) is 0. The van der Waals surface area contributed by atoms with Crippen LogP contribution in [0.15, 0.2) is 30.3 Å². The van der Waals surface area contributed by atoms with E-state index < -0.39 is 17.6 Å². The molecular weight excluding hydrogens is 282 g/mol. The Labute approximate surface area is 129 Å². The van der Waals surface area contributed by atoms with Gasteiger partial charge in [0.05, 0.1) is 0 Å². The highest BCUT2D eigenvalue weighted by Crippen LogP contribution is 2.32. The van der Waals surface area contributed by atoms with Crippen molar-refractivity contribution >= 4 is 12.1 Å². The molecule has 0 radical (unpaired) electrons. The van der Waals surface area contributed by atoms with Crippen molar-refractivity contribution in [1.29, 1.82) is 0 Å². The number of amides is 1. The molecular formula is C17H19NO4. The van der Waals surface area contributed by atoms with Crippen molar-refractivity contribution in [3.63, 3.8) is 0 Å². The zero-order valence-electron chi connectivity index (χ0n) is 12.3. The summed E-state index contributed by atoms with van der Waals surface area (Å²) in [6.07, 6.45) is 6.52. The van der Waals surface area contributed by atoms with E-state index in [1.807, 2.05) is 30.3 Å². The van der Waals surface area contributed by atoms with Gasteiger partial charge in [-0.05, 0) is 24.8 Å². The number of hydrogen-bond donors (Lipinski definition) is 1. The number of carboxylic acids is 1. The number of terminal acetylenes is 1. The van der Waals surface area contributed by atoms with Crippen LogP contribution in [0.5, 0.6) is 0 Å². The van der Waals surface area contributed by atoms with Gasteiger partial charge in [-0.2, -0.15) is 0 Å². The molecule has 116 valence electrons. The van der Waals surface area contributed by atoms with Crippen LogP contribution >= 0.6 is 0 Å². The molecule has 1 aliphatic rings. The lowest BCUT2D eigenvalue weighted by molar-refractivity contribution is -0.152. The summed E-state index contributed by atoms with van der Waals surface area (Å²) in [5.74, 6) is 1.32. The number of likely N-dealkylation sites (tertiary alicyclic amines) is 1. The standard InChI is InChI=1S/C17H19NO4/c1-2-10-17(15(19)20)11-6-7-12-18(17)16(21)22-13-14-8-4-3-5-9-14/h1,3-5,8-9H,6-7,10-13H2,(H,19,20). The van der Waals surface area contributed by atoms with Crippen LogP contribution in [0.2, 0.25) is 0 Å². The van der Waals surface area contributed by atoms with E-state index in [9.17, 15) is 14.7 Å². The molecule has 1 aromatic carbocycles. The summed E-state index contributed by atoms with van der Waals surface area (Å²) in [5, 5.41) is 9.58. The molecule has 1 aromatic rings. The van der Waals surface area contributed by atoms with Crippen LogP contribution in [0.1, 0.15) is 31.2 Å². The third-order valence-electron chi connectivity index (χ3n) is 3.96. The number of nitrogens with zero attached hydrogens (tertiary/aromatic N) is 1. The maximum atomic E-state index is 12.3. The number of piperidine rings is 1. The summed E-state index contributed by atoms with van der Waals surface area (Å²) >= 11 is 0. The average Bonchev–Trinajstić information content (AvgIpc) is 2.54. The largest absolute Gasteiger partial charge is 0.479 e. The molecule has 0 bridgehead atoms. The number of carbonyl (C=O) groups excluding carboxylic acids is 1. The predicted molar refractivity (Wildman–Crippen MR) is 81.0 cm³/mol. The lowest BCUT2D eigenvalue weighted by atomic mass is 9.84. The van der Waals surface area contributed by atoms with Gasteiger partial charge in [-0.1, -0.05) is 30.3 Å². The van der Waals surface area contributed by atoms with E-state index in [2.05, 4.69) is 5.92 Å². The predicted octanol–water partition coefficient (Wildman–Crippen LogP) is 2.66. The molecule has 1 unspecified atom stereocenters. The van der Waals surface area contributed by atoms with Gasteiger partial charge >= 0.3 is 12.1 Å². The van der Waals surface area contributed by atoms with Crippen molar-refractivity contribution < 1.29 is 19.4 Å². The molecule has 2 rings (SSSR count). The second kappa shape index (κ2) is 6.99. The van der Waals surface area contributed by atoms with Gasteiger partial charge in [0, 0.05) is 13.0 Å². The third-order valence-corrected chi connectivity index (χ3v) is 3.96. The lowest BCUT2D eigenvalue weighted by Gasteiger charge is -2.42. The van der Waals surface area contributed by atoms with E-state index in [0.717, 1.165) is 18.4 Å². The van der Waals surface area contributed by atoms with Gasteiger partial charge in [0.1, 0.15) is 6.61 Å². The van der Waals surface area contributed by atoms with Crippen LogP contribution in [0.3, 0.4) is 0 Å². The topological polar surface area (TPSA) is 66.8 Å². The van der Waals surface area contributed by atoms with Crippen LogP contribution in [0, 0.1) is 12.3 Å². The summed E-state index contributed by atoms with van der Waals surface area (Å²) < 4.78 is 5.27. The van der Waals surface area contributed by atoms with E-state index in [-0.39, 0.29) is 13.0 Å². The van der Waals surface area contributed by atoms with Crippen LogP contribution in [0.25, 0.3) is 0 Å². The maximum absolute atomic E-state index is 12.3. The smallest absolute Gasteiger partial charge is 0.411 e. The zero-order chi connectivity index (χ0) is 16.0. The van der Waals surface area contributed by atoms with Gasteiger partial charge in [0.25, 0.3) is 0 Å². The number of benzene rings is 1. The van der Waals surface area contributed by atoms with Crippen molar-refractivity contribution in [3.05, 3.63) is 35.9 Å². The molecule has 0 aliphatic carbocycles. The Bertz CT molecular complexity index is 578. The SMILES string of the molecule is C#CCC1(C(=O)O)CCCCN1C(=O)OCc1ccccc1. The number of rotatable bonds is 4. The lowest BCUT2D eigenvalue weighted by Crippen LogP contribution is -2.59. The van der Waals surface area contributed by atoms with Crippen LogP contribution in [0.4, 0.5) is 4.79 Å². The second-order valence-corrected chi connectivity index (χ2v) is 5.37. The molecule has 1 aliphatic heterocycles. The summed E-state index contributed by atoms with van der Waals surface area (Å²) in [6.45, 7) is 0.462. The van der Waals surface area contributed by atoms with Gasteiger partial charge in [0.2, 0.25) is 0 Å². The molecule has 1 fully saturated rings. The molecule has 0 saturated carbocycles.